The molecule has 0 aliphatic carbocycles. The number of phenolic OH excluding ortho intramolecular Hbond substituents is 1. The lowest BCUT2D eigenvalue weighted by Gasteiger charge is -2.34. The summed E-state index contributed by atoms with van der Waals surface area (Å²) in [6.45, 7) is 3.63. The van der Waals surface area contributed by atoms with E-state index in [1.54, 1.807) is 17.2 Å². The number of carbonyl (C=O) groups is 1. The monoisotopic (exact) mass is 318 g/mol. The first kappa shape index (κ1) is 15.6. The van der Waals surface area contributed by atoms with Crippen molar-refractivity contribution in [2.75, 3.05) is 26.2 Å². The molecular weight excluding hydrogens is 299 g/mol. The minimum absolute atomic E-state index is 0.0206. The van der Waals surface area contributed by atoms with Gasteiger partial charge in [-0.3, -0.25) is 9.69 Å². The standard InChI is InChI=1S/C17H19FN2O3/c18-15-10-13(3-4-16(15)21)11-17(22)20-7-5-19(6-8-20)12-14-2-1-9-23-14/h1-4,9-10,21H,5-8,11-12H2. The van der Waals surface area contributed by atoms with Crippen LogP contribution in [0.3, 0.4) is 0 Å². The van der Waals surface area contributed by atoms with Gasteiger partial charge in [0.2, 0.25) is 5.91 Å². The summed E-state index contributed by atoms with van der Waals surface area (Å²) in [6.07, 6.45) is 1.81. The molecule has 1 N–H and O–H groups in total. The smallest absolute Gasteiger partial charge is 0.227 e. The maximum Gasteiger partial charge on any atom is 0.227 e. The Morgan fingerprint density at radius 2 is 2.00 bits per heavy atom. The van der Waals surface area contributed by atoms with Crippen molar-refractivity contribution < 1.29 is 18.7 Å². The van der Waals surface area contributed by atoms with Crippen molar-refractivity contribution in [2.24, 2.45) is 0 Å². The molecule has 3 rings (SSSR count). The first-order valence-corrected chi connectivity index (χ1v) is 7.62. The van der Waals surface area contributed by atoms with Crippen LogP contribution in [-0.4, -0.2) is 47.0 Å². The van der Waals surface area contributed by atoms with Crippen LogP contribution in [0.2, 0.25) is 0 Å². The van der Waals surface area contributed by atoms with Crippen molar-refractivity contribution in [1.29, 1.82) is 0 Å². The Morgan fingerprint density at radius 3 is 2.65 bits per heavy atom. The van der Waals surface area contributed by atoms with Gasteiger partial charge < -0.3 is 14.4 Å². The van der Waals surface area contributed by atoms with Crippen LogP contribution in [0.5, 0.6) is 5.75 Å². The summed E-state index contributed by atoms with van der Waals surface area (Å²) in [5.74, 6) is -0.191. The van der Waals surface area contributed by atoms with Crippen LogP contribution in [0, 0.1) is 5.82 Å². The van der Waals surface area contributed by atoms with Crippen molar-refractivity contribution in [3.8, 4) is 5.75 Å². The van der Waals surface area contributed by atoms with Crippen LogP contribution < -0.4 is 0 Å². The summed E-state index contributed by atoms with van der Waals surface area (Å²) in [5.41, 5.74) is 0.573. The van der Waals surface area contributed by atoms with Crippen LogP contribution in [0.25, 0.3) is 0 Å². The van der Waals surface area contributed by atoms with E-state index in [1.807, 2.05) is 12.1 Å². The van der Waals surface area contributed by atoms with E-state index in [2.05, 4.69) is 4.90 Å². The van der Waals surface area contributed by atoms with E-state index in [-0.39, 0.29) is 12.3 Å². The van der Waals surface area contributed by atoms with Crippen LogP contribution in [0.4, 0.5) is 4.39 Å². The normalized spacial score (nSPS) is 15.8. The molecular formula is C17H19FN2O3. The Labute approximate surface area is 133 Å². The third-order valence-electron chi connectivity index (χ3n) is 4.05. The zero-order chi connectivity index (χ0) is 16.2. The molecule has 2 aromatic rings. The van der Waals surface area contributed by atoms with Gasteiger partial charge in [0, 0.05) is 26.2 Å². The Kier molecular flexibility index (Phi) is 4.62. The van der Waals surface area contributed by atoms with Crippen molar-refractivity contribution in [2.45, 2.75) is 13.0 Å². The van der Waals surface area contributed by atoms with Gasteiger partial charge in [0.1, 0.15) is 5.76 Å². The maximum atomic E-state index is 13.3. The van der Waals surface area contributed by atoms with Crippen LogP contribution in [0.1, 0.15) is 11.3 Å². The van der Waals surface area contributed by atoms with Crippen LogP contribution in [-0.2, 0) is 17.8 Å². The number of rotatable bonds is 4. The molecule has 1 amide bonds. The van der Waals surface area contributed by atoms with E-state index in [0.717, 1.165) is 25.4 Å². The molecule has 1 fully saturated rings. The number of piperazine rings is 1. The minimum atomic E-state index is -0.696. The van der Waals surface area contributed by atoms with Crippen molar-refractivity contribution in [1.82, 2.24) is 9.80 Å². The lowest BCUT2D eigenvalue weighted by Crippen LogP contribution is -2.48. The number of phenols is 1. The van der Waals surface area contributed by atoms with E-state index >= 15 is 0 Å². The molecule has 0 atom stereocenters. The molecule has 0 spiro atoms. The molecule has 0 bridgehead atoms. The predicted octanol–water partition coefficient (Wildman–Crippen LogP) is 2.01. The van der Waals surface area contributed by atoms with Crippen molar-refractivity contribution in [3.63, 3.8) is 0 Å². The minimum Gasteiger partial charge on any atom is -0.505 e. The fourth-order valence-corrected chi connectivity index (χ4v) is 2.73. The molecule has 6 heteroatoms. The first-order chi connectivity index (χ1) is 11.1. The Morgan fingerprint density at radius 1 is 1.22 bits per heavy atom. The van der Waals surface area contributed by atoms with Crippen LogP contribution >= 0.6 is 0 Å². The SMILES string of the molecule is O=C(Cc1ccc(O)c(F)c1)N1CCN(Cc2ccco2)CC1. The maximum absolute atomic E-state index is 13.3. The van der Waals surface area contributed by atoms with E-state index in [1.165, 1.54) is 12.1 Å². The number of nitrogens with zero attached hydrogens (tertiary/aromatic N) is 2. The van der Waals surface area contributed by atoms with E-state index in [9.17, 15) is 14.3 Å². The van der Waals surface area contributed by atoms with Crippen LogP contribution in [0.15, 0.2) is 41.0 Å². The number of hydrogen-bond acceptors (Lipinski definition) is 4. The zero-order valence-corrected chi connectivity index (χ0v) is 12.7. The molecule has 1 saturated heterocycles. The topological polar surface area (TPSA) is 56.9 Å². The Balaban J connectivity index is 1.50. The molecule has 0 radical (unpaired) electrons. The highest BCUT2D eigenvalue weighted by atomic mass is 19.1. The van der Waals surface area contributed by atoms with Gasteiger partial charge in [-0.25, -0.2) is 4.39 Å². The molecule has 23 heavy (non-hydrogen) atoms. The van der Waals surface area contributed by atoms with E-state index in [0.29, 0.717) is 18.7 Å². The summed E-state index contributed by atoms with van der Waals surface area (Å²) < 4.78 is 18.6. The molecule has 1 aromatic carbocycles. The molecule has 1 aliphatic rings. The highest BCUT2D eigenvalue weighted by molar-refractivity contribution is 5.79. The summed E-state index contributed by atoms with van der Waals surface area (Å²) >= 11 is 0. The Hall–Kier alpha value is -2.34. The second-order valence-corrected chi connectivity index (χ2v) is 5.70. The number of halogens is 1. The molecule has 1 aromatic heterocycles. The lowest BCUT2D eigenvalue weighted by molar-refractivity contribution is -0.132. The molecule has 2 heterocycles. The van der Waals surface area contributed by atoms with E-state index < -0.39 is 11.6 Å². The molecule has 5 nitrogen and oxygen atoms in total. The molecule has 0 unspecified atom stereocenters. The van der Waals surface area contributed by atoms with Crippen molar-refractivity contribution in [3.05, 3.63) is 53.7 Å². The quantitative estimate of drug-likeness (QED) is 0.937. The lowest BCUT2D eigenvalue weighted by atomic mass is 10.1. The summed E-state index contributed by atoms with van der Waals surface area (Å²) in [5, 5.41) is 9.18. The van der Waals surface area contributed by atoms with Gasteiger partial charge in [-0.15, -0.1) is 0 Å². The fraction of sp³-hybridized carbons (Fsp3) is 0.353. The zero-order valence-electron chi connectivity index (χ0n) is 12.7. The number of aromatic hydroxyl groups is 1. The van der Waals surface area contributed by atoms with Gasteiger partial charge >= 0.3 is 0 Å². The average molecular weight is 318 g/mol. The summed E-state index contributed by atoms with van der Waals surface area (Å²) in [6, 6.07) is 7.87. The summed E-state index contributed by atoms with van der Waals surface area (Å²) in [7, 11) is 0. The largest absolute Gasteiger partial charge is 0.505 e. The number of furan rings is 1. The predicted molar refractivity (Wildman–Crippen MR) is 82.3 cm³/mol. The van der Waals surface area contributed by atoms with Gasteiger partial charge in [-0.05, 0) is 29.8 Å². The average Bonchev–Trinajstić information content (AvgIpc) is 3.04. The molecule has 0 saturated carbocycles. The van der Waals surface area contributed by atoms with E-state index in [4.69, 9.17) is 4.42 Å². The van der Waals surface area contributed by atoms with Gasteiger partial charge in [0.05, 0.1) is 19.2 Å². The highest BCUT2D eigenvalue weighted by Crippen LogP contribution is 2.17. The van der Waals surface area contributed by atoms with Gasteiger partial charge in [-0.1, -0.05) is 6.07 Å². The van der Waals surface area contributed by atoms with Gasteiger partial charge in [-0.2, -0.15) is 0 Å². The number of benzene rings is 1. The van der Waals surface area contributed by atoms with Gasteiger partial charge in [0.25, 0.3) is 0 Å². The second kappa shape index (κ2) is 6.83. The summed E-state index contributed by atoms with van der Waals surface area (Å²) in [4.78, 5) is 16.3. The highest BCUT2D eigenvalue weighted by Gasteiger charge is 2.21. The fourth-order valence-electron chi connectivity index (χ4n) is 2.73. The number of hydrogen-bond donors (Lipinski definition) is 1. The van der Waals surface area contributed by atoms with Gasteiger partial charge in [0.15, 0.2) is 11.6 Å². The molecule has 1 aliphatic heterocycles. The first-order valence-electron chi connectivity index (χ1n) is 7.62. The van der Waals surface area contributed by atoms with Crippen molar-refractivity contribution >= 4 is 5.91 Å². The Bertz CT molecular complexity index is 664. The third kappa shape index (κ3) is 3.90. The number of amides is 1. The molecule has 122 valence electrons. The number of carbonyl (C=O) groups excluding carboxylic acids is 1. The third-order valence-corrected chi connectivity index (χ3v) is 4.05. The second-order valence-electron chi connectivity index (χ2n) is 5.70.